The Morgan fingerprint density at radius 3 is 2.50 bits per heavy atom. The molecule has 0 atom stereocenters. The highest BCUT2D eigenvalue weighted by Crippen LogP contribution is 2.19. The molecule has 0 unspecified atom stereocenters. The Labute approximate surface area is 166 Å². The van der Waals surface area contributed by atoms with Crippen LogP contribution in [0.15, 0.2) is 47.5 Å². The molecule has 0 aliphatic rings. The lowest BCUT2D eigenvalue weighted by atomic mass is 10.1. The summed E-state index contributed by atoms with van der Waals surface area (Å²) >= 11 is 0. The molecule has 28 heavy (non-hydrogen) atoms. The predicted octanol–water partition coefficient (Wildman–Crippen LogP) is 2.11. The minimum atomic E-state index is -0.145. The van der Waals surface area contributed by atoms with Gasteiger partial charge in [-0.3, -0.25) is 9.79 Å². The Kier molecular flexibility index (Phi) is 8.14. The molecular formula is C21H28N4O3. The molecule has 0 spiro atoms. The smallest absolute Gasteiger partial charge is 0.251 e. The van der Waals surface area contributed by atoms with Crippen LogP contribution in [0, 0.1) is 6.92 Å². The van der Waals surface area contributed by atoms with Crippen molar-refractivity contribution in [1.29, 1.82) is 0 Å². The fourth-order valence-corrected chi connectivity index (χ4v) is 2.62. The normalized spacial score (nSPS) is 10.9. The van der Waals surface area contributed by atoms with E-state index in [1.807, 2.05) is 25.1 Å². The van der Waals surface area contributed by atoms with Crippen LogP contribution in [0.3, 0.4) is 0 Å². The topological polar surface area (TPSA) is 84.0 Å². The molecule has 2 aromatic carbocycles. The van der Waals surface area contributed by atoms with Gasteiger partial charge < -0.3 is 25.4 Å². The minimum Gasteiger partial charge on any atom is -0.497 e. The zero-order chi connectivity index (χ0) is 20.4. The molecule has 150 valence electrons. The number of carbonyl (C=O) groups is 1. The lowest BCUT2D eigenvalue weighted by molar-refractivity contribution is 0.0954. The van der Waals surface area contributed by atoms with Gasteiger partial charge in [-0.1, -0.05) is 18.2 Å². The van der Waals surface area contributed by atoms with Crippen LogP contribution < -0.4 is 25.4 Å². The molecular weight excluding hydrogens is 356 g/mol. The van der Waals surface area contributed by atoms with Gasteiger partial charge in [-0.15, -0.1) is 0 Å². The summed E-state index contributed by atoms with van der Waals surface area (Å²) in [5.41, 5.74) is 2.76. The molecule has 3 N–H and O–H groups in total. The highest BCUT2D eigenvalue weighted by Gasteiger charge is 2.07. The third kappa shape index (κ3) is 6.19. The fraction of sp³-hybridized carbons (Fsp3) is 0.333. The summed E-state index contributed by atoms with van der Waals surface area (Å²) in [6.07, 6.45) is 0. The zero-order valence-corrected chi connectivity index (χ0v) is 16.8. The molecule has 0 aliphatic carbocycles. The van der Waals surface area contributed by atoms with Gasteiger partial charge in [0, 0.05) is 37.8 Å². The van der Waals surface area contributed by atoms with Crippen molar-refractivity contribution in [3.63, 3.8) is 0 Å². The van der Waals surface area contributed by atoms with Gasteiger partial charge in [0.2, 0.25) is 0 Å². The monoisotopic (exact) mass is 384 g/mol. The summed E-state index contributed by atoms with van der Waals surface area (Å²) in [5, 5.41) is 9.29. The summed E-state index contributed by atoms with van der Waals surface area (Å²) in [6.45, 7) is 3.62. The number of amides is 1. The molecule has 2 rings (SSSR count). The molecule has 0 fully saturated rings. The van der Waals surface area contributed by atoms with Crippen LogP contribution in [0.1, 0.15) is 21.5 Å². The Bertz CT molecular complexity index is 821. The van der Waals surface area contributed by atoms with Gasteiger partial charge in [0.15, 0.2) is 5.96 Å². The highest BCUT2D eigenvalue weighted by atomic mass is 16.5. The van der Waals surface area contributed by atoms with Crippen LogP contribution in [0.2, 0.25) is 0 Å². The molecule has 0 aliphatic heterocycles. The molecule has 0 aromatic heterocycles. The summed E-state index contributed by atoms with van der Waals surface area (Å²) in [4.78, 5) is 16.4. The van der Waals surface area contributed by atoms with Gasteiger partial charge >= 0.3 is 0 Å². The van der Waals surface area contributed by atoms with E-state index in [0.29, 0.717) is 36.9 Å². The van der Waals surface area contributed by atoms with Gasteiger partial charge in [0.25, 0.3) is 5.91 Å². The first-order valence-electron chi connectivity index (χ1n) is 9.07. The maximum absolute atomic E-state index is 12.2. The lowest BCUT2D eigenvalue weighted by Crippen LogP contribution is -2.41. The maximum atomic E-state index is 12.2. The van der Waals surface area contributed by atoms with E-state index in [2.05, 4.69) is 20.9 Å². The third-order valence-corrected chi connectivity index (χ3v) is 4.15. The van der Waals surface area contributed by atoms with Crippen LogP contribution in [-0.4, -0.2) is 46.2 Å². The van der Waals surface area contributed by atoms with Crippen LogP contribution in [0.4, 0.5) is 0 Å². The number of hydrogen-bond donors (Lipinski definition) is 3. The first kappa shape index (κ1) is 21.1. The lowest BCUT2D eigenvalue weighted by Gasteiger charge is -2.14. The second-order valence-corrected chi connectivity index (χ2v) is 6.16. The SMILES string of the molecule is CN=C(NCCNC(=O)c1cccc(OC)c1)NCc1ccc(C)cc1OC. The van der Waals surface area contributed by atoms with Crippen molar-refractivity contribution in [2.24, 2.45) is 4.99 Å². The summed E-state index contributed by atoms with van der Waals surface area (Å²) in [7, 11) is 4.94. The second kappa shape index (κ2) is 10.8. The third-order valence-electron chi connectivity index (χ3n) is 4.15. The number of nitrogens with zero attached hydrogens (tertiary/aromatic N) is 1. The number of methoxy groups -OCH3 is 2. The molecule has 7 nitrogen and oxygen atoms in total. The van der Waals surface area contributed by atoms with E-state index in [1.54, 1.807) is 45.5 Å². The number of hydrogen-bond acceptors (Lipinski definition) is 4. The summed E-state index contributed by atoms with van der Waals surface area (Å²) < 4.78 is 10.6. The predicted molar refractivity (Wildman–Crippen MR) is 111 cm³/mol. The average molecular weight is 384 g/mol. The number of aryl methyl sites for hydroxylation is 1. The van der Waals surface area contributed by atoms with Gasteiger partial charge in [0.05, 0.1) is 14.2 Å². The van der Waals surface area contributed by atoms with Crippen molar-refractivity contribution in [2.75, 3.05) is 34.4 Å². The summed E-state index contributed by atoms with van der Waals surface area (Å²) in [6, 6.07) is 13.1. The van der Waals surface area contributed by atoms with Crippen molar-refractivity contribution in [3.8, 4) is 11.5 Å². The maximum Gasteiger partial charge on any atom is 0.251 e. The Morgan fingerprint density at radius 2 is 1.79 bits per heavy atom. The van der Waals surface area contributed by atoms with Gasteiger partial charge in [0.1, 0.15) is 11.5 Å². The number of aliphatic imine (C=N–C) groups is 1. The molecule has 0 heterocycles. The Balaban J connectivity index is 1.77. The first-order chi connectivity index (χ1) is 13.6. The molecule has 1 amide bonds. The van der Waals surface area contributed by atoms with E-state index in [1.165, 1.54) is 0 Å². The molecule has 0 saturated heterocycles. The number of benzene rings is 2. The van der Waals surface area contributed by atoms with Crippen molar-refractivity contribution >= 4 is 11.9 Å². The highest BCUT2D eigenvalue weighted by molar-refractivity contribution is 5.94. The standard InChI is InChI=1S/C21H28N4O3/c1-15-8-9-17(19(12-15)28-4)14-25-21(22-2)24-11-10-23-20(26)16-6-5-7-18(13-16)27-3/h5-9,12-13H,10-11,14H2,1-4H3,(H,23,26)(H2,22,24,25). The second-order valence-electron chi connectivity index (χ2n) is 6.16. The summed E-state index contributed by atoms with van der Waals surface area (Å²) in [5.74, 6) is 2.00. The number of rotatable bonds is 8. The van der Waals surface area contributed by atoms with Crippen molar-refractivity contribution in [1.82, 2.24) is 16.0 Å². The van der Waals surface area contributed by atoms with Crippen molar-refractivity contribution in [3.05, 3.63) is 59.2 Å². The van der Waals surface area contributed by atoms with Gasteiger partial charge in [-0.05, 0) is 36.8 Å². The van der Waals surface area contributed by atoms with Crippen LogP contribution in [0.25, 0.3) is 0 Å². The van der Waals surface area contributed by atoms with Crippen LogP contribution >= 0.6 is 0 Å². The van der Waals surface area contributed by atoms with Gasteiger partial charge in [-0.2, -0.15) is 0 Å². The Hall–Kier alpha value is -3.22. The quantitative estimate of drug-likeness (QED) is 0.369. The first-order valence-corrected chi connectivity index (χ1v) is 9.07. The largest absolute Gasteiger partial charge is 0.497 e. The van der Waals surface area contributed by atoms with Gasteiger partial charge in [-0.25, -0.2) is 0 Å². The number of ether oxygens (including phenoxy) is 2. The number of guanidine groups is 1. The minimum absolute atomic E-state index is 0.145. The van der Waals surface area contributed by atoms with Crippen LogP contribution in [-0.2, 0) is 6.54 Å². The van der Waals surface area contributed by atoms with E-state index in [-0.39, 0.29) is 5.91 Å². The zero-order valence-electron chi connectivity index (χ0n) is 16.8. The van der Waals surface area contributed by atoms with E-state index in [4.69, 9.17) is 9.47 Å². The average Bonchev–Trinajstić information content (AvgIpc) is 2.73. The molecule has 7 heteroatoms. The van der Waals surface area contributed by atoms with Crippen molar-refractivity contribution < 1.29 is 14.3 Å². The molecule has 0 radical (unpaired) electrons. The van der Waals surface area contributed by atoms with E-state index in [0.717, 1.165) is 16.9 Å². The van der Waals surface area contributed by atoms with E-state index in [9.17, 15) is 4.79 Å². The number of nitrogens with one attached hydrogen (secondary N) is 3. The van der Waals surface area contributed by atoms with Crippen molar-refractivity contribution in [2.45, 2.75) is 13.5 Å². The van der Waals surface area contributed by atoms with Crippen LogP contribution in [0.5, 0.6) is 11.5 Å². The number of carbonyl (C=O) groups excluding carboxylic acids is 1. The molecule has 2 aromatic rings. The van der Waals surface area contributed by atoms with E-state index >= 15 is 0 Å². The fourth-order valence-electron chi connectivity index (χ4n) is 2.62. The molecule has 0 bridgehead atoms. The van der Waals surface area contributed by atoms with E-state index < -0.39 is 0 Å². The molecule has 0 saturated carbocycles. The Morgan fingerprint density at radius 1 is 1.00 bits per heavy atom.